The van der Waals surface area contributed by atoms with Crippen molar-refractivity contribution >= 4 is 0 Å². The lowest BCUT2D eigenvalue weighted by atomic mass is 10.1. The van der Waals surface area contributed by atoms with Crippen LogP contribution in [0, 0.1) is 0 Å². The van der Waals surface area contributed by atoms with Crippen LogP contribution in [0.25, 0.3) is 0 Å². The lowest BCUT2D eigenvalue weighted by Gasteiger charge is -2.35. The fourth-order valence-electron chi connectivity index (χ4n) is 1.50. The first-order chi connectivity index (χ1) is 6.38. The molecule has 0 aromatic carbocycles. The van der Waals surface area contributed by atoms with Gasteiger partial charge < -0.3 is 14.9 Å². The average Bonchev–Trinajstić information content (AvgIpc) is 2.02. The largest absolute Gasteiger partial charge is 0.393 e. The third kappa shape index (κ3) is 3.92. The third-order valence-corrected chi connectivity index (χ3v) is 2.27. The van der Waals surface area contributed by atoms with Crippen molar-refractivity contribution in [3.05, 3.63) is 0 Å². The van der Waals surface area contributed by atoms with Gasteiger partial charge in [-0.05, 0) is 33.6 Å². The van der Waals surface area contributed by atoms with E-state index in [1.54, 1.807) is 0 Å². The molecule has 1 saturated heterocycles. The van der Waals surface area contributed by atoms with E-state index in [1.165, 1.54) is 0 Å². The van der Waals surface area contributed by atoms with E-state index < -0.39 is 6.41 Å². The summed E-state index contributed by atoms with van der Waals surface area (Å²) in [5.41, 5.74) is -0.338. The average molecular weight is 203 g/mol. The predicted molar refractivity (Wildman–Crippen MR) is 53.7 cm³/mol. The maximum absolute atomic E-state index is 9.72. The number of aliphatic hydroxyl groups excluding tert-OH is 2. The molecule has 0 spiro atoms. The molecular formula is C10H21NO3. The highest BCUT2D eigenvalue weighted by Gasteiger charge is 2.26. The Balaban J connectivity index is 2.34. The maximum atomic E-state index is 9.72. The van der Waals surface area contributed by atoms with Crippen molar-refractivity contribution in [2.45, 2.75) is 51.7 Å². The molecule has 1 rings (SSSR count). The maximum Gasteiger partial charge on any atom is 0.216 e. The highest BCUT2D eigenvalue weighted by Crippen LogP contribution is 2.16. The van der Waals surface area contributed by atoms with E-state index in [0.717, 1.165) is 0 Å². The summed E-state index contributed by atoms with van der Waals surface area (Å²) in [5, 5.41) is 19.0. The summed E-state index contributed by atoms with van der Waals surface area (Å²) in [6, 6.07) is 0. The summed E-state index contributed by atoms with van der Waals surface area (Å²) in [7, 11) is 0. The Morgan fingerprint density at radius 3 is 2.21 bits per heavy atom. The smallest absolute Gasteiger partial charge is 0.216 e. The lowest BCUT2D eigenvalue weighted by Crippen LogP contribution is -2.46. The molecule has 0 aromatic heterocycles. The zero-order chi connectivity index (χ0) is 10.8. The number of hydrogen-bond acceptors (Lipinski definition) is 4. The van der Waals surface area contributed by atoms with Crippen LogP contribution in [-0.2, 0) is 4.74 Å². The van der Waals surface area contributed by atoms with Crippen LogP contribution in [0.4, 0.5) is 0 Å². The molecule has 1 heterocycles. The van der Waals surface area contributed by atoms with Gasteiger partial charge in [0, 0.05) is 13.1 Å². The second-order valence-corrected chi connectivity index (χ2v) is 4.82. The van der Waals surface area contributed by atoms with Crippen molar-refractivity contribution in [1.29, 1.82) is 0 Å². The first kappa shape index (κ1) is 11.9. The molecule has 4 heteroatoms. The highest BCUT2D eigenvalue weighted by atomic mass is 16.6. The molecule has 0 saturated carbocycles. The van der Waals surface area contributed by atoms with Crippen molar-refractivity contribution in [2.24, 2.45) is 0 Å². The van der Waals surface area contributed by atoms with E-state index >= 15 is 0 Å². The standard InChI is InChI=1S/C10H21NO3/c1-10(2,3)14-9(13)11-6-4-8(12)5-7-11/h8-9,12-13H,4-7H2,1-3H3. The van der Waals surface area contributed by atoms with E-state index in [9.17, 15) is 10.2 Å². The summed E-state index contributed by atoms with van der Waals surface area (Å²) in [4.78, 5) is 1.85. The zero-order valence-corrected chi connectivity index (χ0v) is 9.23. The normalized spacial score (nSPS) is 23.8. The molecule has 84 valence electrons. The summed E-state index contributed by atoms with van der Waals surface area (Å²) in [6.07, 6.45) is 0.366. The van der Waals surface area contributed by atoms with E-state index in [-0.39, 0.29) is 11.7 Å². The van der Waals surface area contributed by atoms with Crippen molar-refractivity contribution in [1.82, 2.24) is 4.90 Å². The summed E-state index contributed by atoms with van der Waals surface area (Å²) in [6.45, 7) is 7.12. The monoisotopic (exact) mass is 203 g/mol. The second kappa shape index (κ2) is 4.57. The van der Waals surface area contributed by atoms with E-state index in [4.69, 9.17) is 4.74 Å². The number of aliphatic hydroxyl groups is 2. The molecule has 2 N–H and O–H groups in total. The second-order valence-electron chi connectivity index (χ2n) is 4.82. The Hall–Kier alpha value is -0.160. The van der Waals surface area contributed by atoms with E-state index in [2.05, 4.69) is 0 Å². The quantitative estimate of drug-likeness (QED) is 0.643. The van der Waals surface area contributed by atoms with Gasteiger partial charge >= 0.3 is 0 Å². The molecule has 0 aromatic rings. The van der Waals surface area contributed by atoms with Gasteiger partial charge in [-0.1, -0.05) is 0 Å². The van der Waals surface area contributed by atoms with Gasteiger partial charge in [0.05, 0.1) is 11.7 Å². The minimum atomic E-state index is -0.845. The molecule has 1 aliphatic rings. The topological polar surface area (TPSA) is 52.9 Å². The van der Waals surface area contributed by atoms with E-state index in [0.29, 0.717) is 25.9 Å². The molecule has 1 aliphatic heterocycles. The van der Waals surface area contributed by atoms with Gasteiger partial charge in [-0.25, -0.2) is 0 Å². The third-order valence-electron chi connectivity index (χ3n) is 2.27. The number of likely N-dealkylation sites (tertiary alicyclic amines) is 1. The summed E-state index contributed by atoms with van der Waals surface area (Å²) >= 11 is 0. The minimum absolute atomic E-state index is 0.215. The van der Waals surface area contributed by atoms with Crippen LogP contribution in [0.3, 0.4) is 0 Å². The molecule has 1 fully saturated rings. The molecule has 1 atom stereocenters. The SMILES string of the molecule is CC(C)(C)OC(O)N1CCC(O)CC1. The molecular weight excluding hydrogens is 182 g/mol. The first-order valence-corrected chi connectivity index (χ1v) is 5.16. The van der Waals surface area contributed by atoms with Crippen LogP contribution < -0.4 is 0 Å². The lowest BCUT2D eigenvalue weighted by molar-refractivity contribution is -0.244. The Labute approximate surface area is 85.5 Å². The molecule has 4 nitrogen and oxygen atoms in total. The van der Waals surface area contributed by atoms with Crippen LogP contribution in [0.1, 0.15) is 33.6 Å². The fourth-order valence-corrected chi connectivity index (χ4v) is 1.50. The molecule has 1 unspecified atom stereocenters. The van der Waals surface area contributed by atoms with Crippen LogP contribution in [0.2, 0.25) is 0 Å². The van der Waals surface area contributed by atoms with Crippen molar-refractivity contribution in [3.8, 4) is 0 Å². The first-order valence-electron chi connectivity index (χ1n) is 5.16. The van der Waals surface area contributed by atoms with Gasteiger partial charge in [-0.15, -0.1) is 0 Å². The Morgan fingerprint density at radius 1 is 1.29 bits per heavy atom. The Bertz CT molecular complexity index is 171. The highest BCUT2D eigenvalue weighted by molar-refractivity contribution is 4.71. The molecule has 0 radical (unpaired) electrons. The number of rotatable bonds is 2. The number of nitrogens with zero attached hydrogens (tertiary/aromatic N) is 1. The molecule has 0 amide bonds. The Kier molecular flexibility index (Phi) is 3.89. The summed E-state index contributed by atoms with van der Waals surface area (Å²) in [5.74, 6) is 0. The zero-order valence-electron chi connectivity index (χ0n) is 9.23. The van der Waals surface area contributed by atoms with E-state index in [1.807, 2.05) is 25.7 Å². The van der Waals surface area contributed by atoms with Crippen molar-refractivity contribution < 1.29 is 14.9 Å². The van der Waals surface area contributed by atoms with Gasteiger partial charge in [0.25, 0.3) is 0 Å². The molecule has 0 bridgehead atoms. The number of hydrogen-bond donors (Lipinski definition) is 2. The summed E-state index contributed by atoms with van der Waals surface area (Å²) < 4.78 is 5.41. The predicted octanol–water partition coefficient (Wildman–Crippen LogP) is 0.534. The molecule has 0 aliphatic carbocycles. The van der Waals surface area contributed by atoms with Gasteiger partial charge in [-0.3, -0.25) is 4.90 Å². The van der Waals surface area contributed by atoms with Crippen LogP contribution in [-0.4, -0.2) is 46.3 Å². The minimum Gasteiger partial charge on any atom is -0.393 e. The van der Waals surface area contributed by atoms with Crippen LogP contribution in [0.5, 0.6) is 0 Å². The fraction of sp³-hybridized carbons (Fsp3) is 1.00. The van der Waals surface area contributed by atoms with Crippen molar-refractivity contribution in [2.75, 3.05) is 13.1 Å². The van der Waals surface area contributed by atoms with Crippen molar-refractivity contribution in [3.63, 3.8) is 0 Å². The molecule has 14 heavy (non-hydrogen) atoms. The van der Waals surface area contributed by atoms with Gasteiger partial charge in [0.2, 0.25) is 6.41 Å². The van der Waals surface area contributed by atoms with Gasteiger partial charge in [0.1, 0.15) is 0 Å². The van der Waals surface area contributed by atoms with Crippen LogP contribution >= 0.6 is 0 Å². The van der Waals surface area contributed by atoms with Gasteiger partial charge in [0.15, 0.2) is 0 Å². The van der Waals surface area contributed by atoms with Crippen LogP contribution in [0.15, 0.2) is 0 Å². The Morgan fingerprint density at radius 2 is 1.79 bits per heavy atom. The number of ether oxygens (including phenoxy) is 1. The number of piperidine rings is 1. The van der Waals surface area contributed by atoms with Gasteiger partial charge in [-0.2, -0.15) is 0 Å².